The number of halogens is 3. The van der Waals surface area contributed by atoms with Crippen molar-refractivity contribution in [1.82, 2.24) is 5.32 Å². The van der Waals surface area contributed by atoms with Crippen LogP contribution in [-0.2, 0) is 20.5 Å². The van der Waals surface area contributed by atoms with Crippen molar-refractivity contribution >= 4 is 5.97 Å². The molecule has 0 aliphatic carbocycles. The molecule has 30 heavy (non-hydrogen) atoms. The van der Waals surface area contributed by atoms with E-state index in [9.17, 15) is 33.6 Å². The molecule has 5 N–H and O–H groups in total. The third-order valence-electron chi connectivity index (χ3n) is 4.33. The van der Waals surface area contributed by atoms with Gasteiger partial charge < -0.3 is 20.5 Å². The van der Waals surface area contributed by atoms with Crippen molar-refractivity contribution in [2.45, 2.75) is 25.9 Å². The summed E-state index contributed by atoms with van der Waals surface area (Å²) in [6.07, 6.45) is -4.79. The number of alkyl halides is 3. The van der Waals surface area contributed by atoms with Gasteiger partial charge in [-0.2, -0.15) is 28.4 Å². The molecule has 1 aromatic carbocycles. The maximum absolute atomic E-state index is 13.6. The van der Waals surface area contributed by atoms with E-state index in [1.54, 1.807) is 0 Å². The second kappa shape index (κ2) is 9.53. The van der Waals surface area contributed by atoms with Crippen LogP contribution in [0.2, 0.25) is 0 Å². The van der Waals surface area contributed by atoms with Crippen LogP contribution in [0.3, 0.4) is 0 Å². The maximum Gasteiger partial charge on any atom is 0.416 e. The quantitative estimate of drug-likeness (QED) is 0.227. The van der Waals surface area contributed by atoms with Crippen molar-refractivity contribution in [2.24, 2.45) is 0 Å². The Labute approximate surface area is 168 Å². The lowest BCUT2D eigenvalue weighted by atomic mass is 9.81. The molecule has 0 spiro atoms. The Morgan fingerprint density at radius 2 is 1.80 bits per heavy atom. The Hall–Kier alpha value is -2.52. The molecule has 0 bridgehead atoms. The third kappa shape index (κ3) is 5.34. The standard InChI is InChI=1S/C17H20F3N3O7/c1-9-13(16(24)29-7-8-30-23(27)28)14(15(22(25)26)10(2)21-9)11-5-3-4-6-12(11)17(18,19)20/h3-6,14,21-23,25,27H,7-8H2,1-2H3/t14-/m1/s1. The van der Waals surface area contributed by atoms with Crippen LogP contribution in [0, 0.1) is 10.4 Å². The topological polar surface area (TPSA) is 143 Å². The van der Waals surface area contributed by atoms with Gasteiger partial charge >= 0.3 is 12.1 Å². The maximum atomic E-state index is 13.6. The zero-order valence-corrected chi connectivity index (χ0v) is 15.9. The summed E-state index contributed by atoms with van der Waals surface area (Å²) in [5, 5.41) is 39.9. The molecule has 0 aromatic heterocycles. The average Bonchev–Trinajstić information content (AvgIpc) is 2.63. The van der Waals surface area contributed by atoms with E-state index in [0.29, 0.717) is 0 Å². The minimum Gasteiger partial charge on any atom is -0.595 e. The first-order valence-corrected chi connectivity index (χ1v) is 8.56. The average molecular weight is 435 g/mol. The monoisotopic (exact) mass is 435 g/mol. The molecule has 166 valence electrons. The number of carbonyl (C=O) groups is 1. The van der Waals surface area contributed by atoms with Crippen LogP contribution >= 0.6 is 0 Å². The number of esters is 1. The zero-order chi connectivity index (χ0) is 22.6. The van der Waals surface area contributed by atoms with Gasteiger partial charge in [-0.15, -0.1) is 0 Å². The van der Waals surface area contributed by atoms with Crippen LogP contribution in [-0.4, -0.2) is 29.6 Å². The van der Waals surface area contributed by atoms with Crippen molar-refractivity contribution in [1.29, 1.82) is 0 Å². The van der Waals surface area contributed by atoms with Crippen LogP contribution in [0.5, 0.6) is 0 Å². The summed E-state index contributed by atoms with van der Waals surface area (Å²) in [6, 6.07) is 4.36. The first-order valence-electron chi connectivity index (χ1n) is 8.56. The molecular weight excluding hydrogens is 415 g/mol. The number of ether oxygens (including phenoxy) is 1. The Morgan fingerprint density at radius 3 is 2.37 bits per heavy atom. The van der Waals surface area contributed by atoms with E-state index in [-0.39, 0.29) is 17.0 Å². The molecule has 1 aliphatic heterocycles. The molecule has 0 amide bonds. The van der Waals surface area contributed by atoms with Gasteiger partial charge in [-0.25, -0.2) is 10.0 Å². The number of dihydropyridines is 1. The Balaban J connectivity index is 2.53. The van der Waals surface area contributed by atoms with Gasteiger partial charge in [0.15, 0.2) is 5.70 Å². The summed E-state index contributed by atoms with van der Waals surface area (Å²) in [6.45, 7) is 1.78. The number of hydrogen-bond donors (Lipinski definition) is 5. The molecule has 13 heteroatoms. The molecular formula is C17H20F3N3O7. The highest BCUT2D eigenvalue weighted by molar-refractivity contribution is 5.92. The van der Waals surface area contributed by atoms with Gasteiger partial charge in [-0.1, -0.05) is 23.6 Å². The number of hydrogen-bond acceptors (Lipinski definition) is 8. The summed E-state index contributed by atoms with van der Waals surface area (Å²) in [7, 11) is 0. The molecule has 0 saturated carbocycles. The fraction of sp³-hybridized carbons (Fsp3) is 0.353. The Morgan fingerprint density at radius 1 is 1.17 bits per heavy atom. The van der Waals surface area contributed by atoms with Gasteiger partial charge in [0.2, 0.25) is 0 Å². The van der Waals surface area contributed by atoms with Crippen LogP contribution in [0.1, 0.15) is 30.9 Å². The number of nitrogens with one attached hydrogen (secondary N) is 3. The van der Waals surface area contributed by atoms with E-state index in [2.05, 4.69) is 10.2 Å². The SMILES string of the molecule is CC1=C(C(=O)OCCO[NH+]([O-])O)[C@@H](c2ccccc2C(F)(F)F)C([NH+]([O-])O)=C(C)N1. The van der Waals surface area contributed by atoms with Gasteiger partial charge in [0.05, 0.1) is 22.8 Å². The highest BCUT2D eigenvalue weighted by atomic mass is 19.4. The highest BCUT2D eigenvalue weighted by Gasteiger charge is 2.43. The van der Waals surface area contributed by atoms with Crippen LogP contribution < -0.4 is 15.9 Å². The van der Waals surface area contributed by atoms with E-state index >= 15 is 0 Å². The summed E-state index contributed by atoms with van der Waals surface area (Å²) in [5.41, 5.74) is -2.08. The smallest absolute Gasteiger partial charge is 0.416 e. The van der Waals surface area contributed by atoms with Gasteiger partial charge in [0.1, 0.15) is 13.2 Å². The molecule has 10 nitrogen and oxygen atoms in total. The lowest BCUT2D eigenvalue weighted by molar-refractivity contribution is -1.21. The van der Waals surface area contributed by atoms with Crippen molar-refractivity contribution in [3.05, 3.63) is 68.5 Å². The van der Waals surface area contributed by atoms with Gasteiger partial charge in [-0.3, -0.25) is 0 Å². The number of quaternary nitrogens is 2. The van der Waals surface area contributed by atoms with E-state index in [1.165, 1.54) is 19.9 Å². The normalized spacial score (nSPS) is 19.4. The Kier molecular flexibility index (Phi) is 7.54. The predicted molar refractivity (Wildman–Crippen MR) is 91.9 cm³/mol. The van der Waals surface area contributed by atoms with Crippen LogP contribution in [0.15, 0.2) is 46.9 Å². The van der Waals surface area contributed by atoms with Crippen molar-refractivity contribution in [3.63, 3.8) is 0 Å². The summed E-state index contributed by atoms with van der Waals surface area (Å²) < 4.78 is 45.7. The molecule has 2 unspecified atom stereocenters. The van der Waals surface area contributed by atoms with E-state index < -0.39 is 58.7 Å². The summed E-state index contributed by atoms with van der Waals surface area (Å²) >= 11 is 0. The van der Waals surface area contributed by atoms with Crippen molar-refractivity contribution < 1.29 is 48.6 Å². The number of hydroxylamine groups is 2. The highest BCUT2D eigenvalue weighted by Crippen LogP contribution is 2.42. The predicted octanol–water partition coefficient (Wildman–Crippen LogP) is -0.0837. The molecule has 1 aromatic rings. The zero-order valence-electron chi connectivity index (χ0n) is 15.9. The molecule has 0 saturated heterocycles. The van der Waals surface area contributed by atoms with Crippen molar-refractivity contribution in [2.75, 3.05) is 13.2 Å². The molecule has 0 fully saturated rings. The van der Waals surface area contributed by atoms with E-state index in [1.807, 2.05) is 0 Å². The summed E-state index contributed by atoms with van der Waals surface area (Å²) in [4.78, 5) is 16.9. The number of rotatable bonds is 7. The van der Waals surface area contributed by atoms with Gasteiger partial charge in [-0.05, 0) is 25.5 Å². The van der Waals surface area contributed by atoms with Gasteiger partial charge in [0, 0.05) is 5.70 Å². The first-order chi connectivity index (χ1) is 13.9. The number of carbonyl (C=O) groups excluding carboxylic acids is 1. The minimum atomic E-state index is -4.79. The first kappa shape index (κ1) is 23.8. The van der Waals surface area contributed by atoms with Crippen molar-refractivity contribution in [3.8, 4) is 0 Å². The Bertz CT molecular complexity index is 853. The second-order valence-electron chi connectivity index (χ2n) is 6.28. The lowest BCUT2D eigenvalue weighted by Crippen LogP contribution is -3.03. The molecule has 1 heterocycles. The number of allylic oxidation sites excluding steroid dienone is 3. The third-order valence-corrected chi connectivity index (χ3v) is 4.33. The molecule has 1 aliphatic rings. The molecule has 2 rings (SSSR count). The summed E-state index contributed by atoms with van der Waals surface area (Å²) in [5.74, 6) is -2.66. The van der Waals surface area contributed by atoms with Crippen LogP contribution in [0.25, 0.3) is 0 Å². The fourth-order valence-corrected chi connectivity index (χ4v) is 3.21. The second-order valence-corrected chi connectivity index (χ2v) is 6.28. The minimum absolute atomic E-state index is 0.0766. The molecule has 3 atom stereocenters. The fourth-order valence-electron chi connectivity index (χ4n) is 3.21. The van der Waals surface area contributed by atoms with E-state index in [4.69, 9.17) is 9.94 Å². The van der Waals surface area contributed by atoms with Gasteiger partial charge in [0.25, 0.3) is 0 Å². The lowest BCUT2D eigenvalue weighted by Gasteiger charge is -2.33. The largest absolute Gasteiger partial charge is 0.595 e. The molecule has 0 radical (unpaired) electrons. The van der Waals surface area contributed by atoms with E-state index in [0.717, 1.165) is 18.2 Å². The van der Waals surface area contributed by atoms with Crippen LogP contribution in [0.4, 0.5) is 13.2 Å². The number of benzene rings is 1.